The second kappa shape index (κ2) is 5.60. The Labute approximate surface area is 130 Å². The molecule has 0 amide bonds. The van der Waals surface area contributed by atoms with Crippen molar-refractivity contribution in [1.82, 2.24) is 20.1 Å². The van der Waals surface area contributed by atoms with Crippen LogP contribution in [0.1, 0.15) is 29.9 Å². The molecular formula is C13H13F3N4O2S. The summed E-state index contributed by atoms with van der Waals surface area (Å²) in [7, 11) is -3.71. The molecule has 1 aromatic heterocycles. The first-order valence-electron chi connectivity index (χ1n) is 6.81. The van der Waals surface area contributed by atoms with Crippen molar-refractivity contribution < 1.29 is 21.6 Å². The van der Waals surface area contributed by atoms with Crippen LogP contribution < -0.4 is 4.72 Å². The quantitative estimate of drug-likeness (QED) is 0.887. The van der Waals surface area contributed by atoms with Crippen molar-refractivity contribution >= 4 is 10.0 Å². The predicted molar refractivity (Wildman–Crippen MR) is 73.9 cm³/mol. The molecule has 0 unspecified atom stereocenters. The molecular weight excluding hydrogens is 333 g/mol. The number of alkyl halides is 3. The fourth-order valence-corrected chi connectivity index (χ4v) is 3.64. The number of rotatable bonds is 4. The fourth-order valence-electron chi connectivity index (χ4n) is 2.53. The molecule has 1 aliphatic rings. The summed E-state index contributed by atoms with van der Waals surface area (Å²) in [5.74, 6) is 0.0438. The van der Waals surface area contributed by atoms with Gasteiger partial charge in [-0.25, -0.2) is 13.1 Å². The van der Waals surface area contributed by atoms with Gasteiger partial charge in [0, 0.05) is 6.04 Å². The number of hydrogen-bond acceptors (Lipinski definition) is 4. The van der Waals surface area contributed by atoms with Gasteiger partial charge in [0.05, 0.1) is 11.8 Å². The van der Waals surface area contributed by atoms with Crippen LogP contribution in [0, 0.1) is 0 Å². The Morgan fingerprint density at radius 1 is 1.17 bits per heavy atom. The number of aromatic nitrogens is 3. The molecule has 1 heterocycles. The van der Waals surface area contributed by atoms with Crippen LogP contribution in [0.2, 0.25) is 0 Å². The summed E-state index contributed by atoms with van der Waals surface area (Å²) >= 11 is 0. The number of sulfonamides is 1. The lowest BCUT2D eigenvalue weighted by Crippen LogP contribution is -2.43. The minimum atomic E-state index is -4.35. The summed E-state index contributed by atoms with van der Waals surface area (Å²) in [4.78, 5) is 0. The number of benzene rings is 1. The van der Waals surface area contributed by atoms with E-state index in [2.05, 4.69) is 20.1 Å². The Balaban J connectivity index is 1.59. The number of aromatic amines is 1. The highest BCUT2D eigenvalue weighted by atomic mass is 32.2. The second-order valence-corrected chi connectivity index (χ2v) is 7.08. The van der Waals surface area contributed by atoms with E-state index < -0.39 is 21.8 Å². The molecule has 0 saturated heterocycles. The van der Waals surface area contributed by atoms with Crippen LogP contribution in [0.15, 0.2) is 35.5 Å². The Morgan fingerprint density at radius 2 is 1.83 bits per heavy atom. The van der Waals surface area contributed by atoms with Crippen LogP contribution in [-0.2, 0) is 16.2 Å². The molecule has 1 aliphatic carbocycles. The molecule has 1 fully saturated rings. The monoisotopic (exact) mass is 346 g/mol. The van der Waals surface area contributed by atoms with E-state index in [0.717, 1.165) is 23.9 Å². The van der Waals surface area contributed by atoms with E-state index in [0.29, 0.717) is 12.8 Å². The molecule has 0 atom stereocenters. The zero-order chi connectivity index (χ0) is 16.7. The van der Waals surface area contributed by atoms with Crippen molar-refractivity contribution in [3.8, 4) is 0 Å². The summed E-state index contributed by atoms with van der Waals surface area (Å²) in [6, 6.07) is 4.71. The molecule has 2 aromatic rings. The van der Waals surface area contributed by atoms with Crippen LogP contribution in [0.5, 0.6) is 0 Å². The summed E-state index contributed by atoms with van der Waals surface area (Å²) in [5.41, 5.74) is 0.0822. The van der Waals surface area contributed by atoms with Crippen molar-refractivity contribution in [3.63, 3.8) is 0 Å². The van der Waals surface area contributed by atoms with Crippen molar-refractivity contribution in [2.75, 3.05) is 0 Å². The molecule has 1 saturated carbocycles. The highest BCUT2D eigenvalue weighted by molar-refractivity contribution is 7.89. The van der Waals surface area contributed by atoms with Gasteiger partial charge in [-0.2, -0.15) is 23.5 Å². The van der Waals surface area contributed by atoms with E-state index in [1.54, 1.807) is 0 Å². The number of halogens is 3. The molecule has 23 heavy (non-hydrogen) atoms. The van der Waals surface area contributed by atoms with Gasteiger partial charge in [0.1, 0.15) is 0 Å². The first-order valence-corrected chi connectivity index (χ1v) is 8.29. The van der Waals surface area contributed by atoms with Crippen molar-refractivity contribution in [2.45, 2.75) is 36.0 Å². The highest BCUT2D eigenvalue weighted by Gasteiger charge is 2.35. The largest absolute Gasteiger partial charge is 0.416 e. The number of nitrogens with one attached hydrogen (secondary N) is 2. The Kier molecular flexibility index (Phi) is 3.88. The zero-order valence-corrected chi connectivity index (χ0v) is 12.5. The van der Waals surface area contributed by atoms with Crippen molar-refractivity contribution in [3.05, 3.63) is 41.6 Å². The molecule has 0 radical (unpaired) electrons. The lowest BCUT2D eigenvalue weighted by molar-refractivity contribution is -0.137. The maximum Gasteiger partial charge on any atom is 0.416 e. The van der Waals surface area contributed by atoms with E-state index in [-0.39, 0.29) is 17.0 Å². The summed E-state index contributed by atoms with van der Waals surface area (Å²) in [5, 5.41) is 9.00. The van der Waals surface area contributed by atoms with Gasteiger partial charge in [-0.15, -0.1) is 5.10 Å². The van der Waals surface area contributed by atoms with Gasteiger partial charge in [0.2, 0.25) is 5.03 Å². The highest BCUT2D eigenvalue weighted by Crippen LogP contribution is 2.38. The summed E-state index contributed by atoms with van der Waals surface area (Å²) < 4.78 is 63.9. The fraction of sp³-hybridized carbons (Fsp3) is 0.385. The molecule has 6 nitrogen and oxygen atoms in total. The third-order valence-corrected chi connectivity index (χ3v) is 5.23. The van der Waals surface area contributed by atoms with E-state index in [1.165, 1.54) is 12.1 Å². The third-order valence-electron chi connectivity index (χ3n) is 3.84. The van der Waals surface area contributed by atoms with Crippen LogP contribution in [0.3, 0.4) is 0 Å². The molecule has 124 valence electrons. The van der Waals surface area contributed by atoms with Crippen molar-refractivity contribution in [1.29, 1.82) is 0 Å². The Bertz CT molecular complexity index is 767. The topological polar surface area (TPSA) is 87.7 Å². The maximum atomic E-state index is 12.5. The van der Waals surface area contributed by atoms with Gasteiger partial charge in [-0.1, -0.05) is 12.1 Å². The van der Waals surface area contributed by atoms with Gasteiger partial charge < -0.3 is 0 Å². The number of hydrogen-bond donors (Lipinski definition) is 2. The average Bonchev–Trinajstić information content (AvgIpc) is 2.96. The summed E-state index contributed by atoms with van der Waals surface area (Å²) in [6.45, 7) is 0. The van der Waals surface area contributed by atoms with Crippen molar-refractivity contribution in [2.24, 2.45) is 0 Å². The minimum Gasteiger partial charge on any atom is -0.207 e. The van der Waals surface area contributed by atoms with Gasteiger partial charge in [0.25, 0.3) is 10.0 Å². The zero-order valence-electron chi connectivity index (χ0n) is 11.7. The molecule has 3 rings (SSSR count). The lowest BCUT2D eigenvalue weighted by atomic mass is 9.76. The Morgan fingerprint density at radius 3 is 2.35 bits per heavy atom. The van der Waals surface area contributed by atoms with Gasteiger partial charge in [0.15, 0.2) is 0 Å². The van der Waals surface area contributed by atoms with Gasteiger partial charge in [-0.3, -0.25) is 0 Å². The van der Waals surface area contributed by atoms with E-state index in [9.17, 15) is 21.6 Å². The average molecular weight is 346 g/mol. The molecule has 0 spiro atoms. The Hall–Kier alpha value is -1.94. The van der Waals surface area contributed by atoms with E-state index in [4.69, 9.17) is 0 Å². The van der Waals surface area contributed by atoms with Crippen LogP contribution in [0.25, 0.3) is 0 Å². The van der Waals surface area contributed by atoms with E-state index in [1.807, 2.05) is 0 Å². The molecule has 0 aliphatic heterocycles. The first kappa shape index (κ1) is 15.9. The van der Waals surface area contributed by atoms with Gasteiger partial charge in [-0.05, 0) is 36.5 Å². The SMILES string of the molecule is O=S(=O)(NC1CC(c2ccc(C(F)(F)F)cc2)C1)c1cn[nH]n1. The van der Waals surface area contributed by atoms with Crippen LogP contribution in [-0.4, -0.2) is 29.9 Å². The maximum absolute atomic E-state index is 12.5. The molecule has 2 N–H and O–H groups in total. The molecule has 1 aromatic carbocycles. The number of nitrogens with zero attached hydrogens (tertiary/aromatic N) is 2. The van der Waals surface area contributed by atoms with Gasteiger partial charge >= 0.3 is 6.18 Å². The summed E-state index contributed by atoms with van der Waals surface area (Å²) in [6.07, 6.45) is -2.19. The molecule has 0 bridgehead atoms. The molecule has 10 heteroatoms. The lowest BCUT2D eigenvalue weighted by Gasteiger charge is -2.35. The number of H-pyrrole nitrogens is 1. The van der Waals surface area contributed by atoms with E-state index >= 15 is 0 Å². The van der Waals surface area contributed by atoms with Crippen LogP contribution >= 0.6 is 0 Å². The minimum absolute atomic E-state index is 0.0438. The normalized spacial score (nSPS) is 21.9. The standard InChI is InChI=1S/C13H13F3N4O2S/c14-13(15,16)10-3-1-8(2-4-10)9-5-11(6-9)19-23(21,22)12-7-17-20-18-12/h1-4,7,9,11,19H,5-6H2,(H,17,18,20). The second-order valence-electron chi connectivity index (χ2n) is 5.41. The first-order chi connectivity index (χ1) is 10.8. The predicted octanol–water partition coefficient (Wildman–Crippen LogP) is 2.05. The third kappa shape index (κ3) is 3.37. The smallest absolute Gasteiger partial charge is 0.207 e. The van der Waals surface area contributed by atoms with Crippen LogP contribution in [0.4, 0.5) is 13.2 Å².